The van der Waals surface area contributed by atoms with Crippen molar-refractivity contribution < 1.29 is 80.2 Å². The van der Waals surface area contributed by atoms with Crippen LogP contribution in [0, 0.1) is 11.8 Å². The van der Waals surface area contributed by atoms with E-state index in [1.54, 1.807) is 0 Å². The number of ether oxygens (including phenoxy) is 4. The molecule has 0 aliphatic heterocycles. The fourth-order valence-corrected chi connectivity index (χ4v) is 14.5. The Morgan fingerprint density at radius 3 is 0.667 bits per heavy atom. The normalized spacial score (nSPS) is 13.9. The van der Waals surface area contributed by atoms with Gasteiger partial charge in [-0.15, -0.1) is 0 Å². The smallest absolute Gasteiger partial charge is 0.462 e. The molecule has 0 rings (SSSR count). The molecule has 0 saturated carbocycles. The number of carbonyl (C=O) groups is 4. The highest BCUT2D eigenvalue weighted by Crippen LogP contribution is 2.45. The number of hydrogen-bond donors (Lipinski definition) is 3. The van der Waals surface area contributed by atoms with Crippen LogP contribution in [0.25, 0.3) is 0 Å². The molecule has 102 heavy (non-hydrogen) atoms. The van der Waals surface area contributed by atoms with Gasteiger partial charge in [-0.05, 0) is 37.5 Å². The third kappa shape index (κ3) is 76.3. The highest BCUT2D eigenvalue weighted by atomic mass is 31.2. The number of hydrogen-bond acceptors (Lipinski definition) is 15. The highest BCUT2D eigenvalue weighted by molar-refractivity contribution is 7.47. The molecule has 0 fully saturated rings. The van der Waals surface area contributed by atoms with E-state index in [0.717, 1.165) is 102 Å². The van der Waals surface area contributed by atoms with E-state index in [1.807, 2.05) is 0 Å². The van der Waals surface area contributed by atoms with Crippen molar-refractivity contribution >= 4 is 39.5 Å². The first kappa shape index (κ1) is 100. The molecule has 0 heterocycles. The number of rotatable bonds is 82. The summed E-state index contributed by atoms with van der Waals surface area (Å²) >= 11 is 0. The average molecular weight is 1490 g/mol. The molecule has 0 spiro atoms. The van der Waals surface area contributed by atoms with Gasteiger partial charge in [-0.3, -0.25) is 37.3 Å². The quantitative estimate of drug-likeness (QED) is 0.0222. The van der Waals surface area contributed by atoms with Gasteiger partial charge in [0.25, 0.3) is 0 Å². The molecule has 606 valence electrons. The van der Waals surface area contributed by atoms with Gasteiger partial charge < -0.3 is 33.8 Å². The van der Waals surface area contributed by atoms with Gasteiger partial charge in [0.15, 0.2) is 12.2 Å². The van der Waals surface area contributed by atoms with Crippen LogP contribution in [0.1, 0.15) is 440 Å². The van der Waals surface area contributed by atoms with E-state index < -0.39 is 97.5 Å². The van der Waals surface area contributed by atoms with E-state index in [4.69, 9.17) is 37.0 Å². The molecule has 19 heteroatoms. The molecule has 0 radical (unpaired) electrons. The lowest BCUT2D eigenvalue weighted by atomic mass is 10.0. The van der Waals surface area contributed by atoms with Crippen molar-refractivity contribution in [3.8, 4) is 0 Å². The van der Waals surface area contributed by atoms with Crippen LogP contribution in [0.2, 0.25) is 0 Å². The predicted molar refractivity (Wildman–Crippen MR) is 418 cm³/mol. The maximum Gasteiger partial charge on any atom is 0.472 e. The molecule has 0 aromatic rings. The van der Waals surface area contributed by atoms with Gasteiger partial charge in [0.2, 0.25) is 0 Å². The molecule has 0 bridgehead atoms. The second kappa shape index (κ2) is 74.5. The molecular formula is C83H162O17P2. The van der Waals surface area contributed by atoms with Crippen molar-refractivity contribution in [2.75, 3.05) is 39.6 Å². The maximum atomic E-state index is 13.1. The number of carbonyl (C=O) groups excluding carboxylic acids is 4. The van der Waals surface area contributed by atoms with E-state index in [0.29, 0.717) is 31.6 Å². The standard InChI is InChI=1S/C83H162O17P2/c1-7-9-11-13-15-17-19-21-23-24-25-26-27-28-29-31-33-39-43-49-56-62-68-82(87)99-78(71-93-80(85)65-59-53-47-41-37-35-34-36-40-45-51-57-63-75(3)4)73-97-101(89,90)95-69-77(84)70-96-102(91,92)98-74-79(72-94-81(86)66-60-54-50-44-46-52-58-64-76(5)6)100-83(88)67-61-55-48-42-38-32-30-22-20-18-16-14-12-10-8-2/h75-79,84H,7-74H2,1-6H3,(H,89,90)(H,91,92)/t77-,78-,79-/m1/s1. The summed E-state index contributed by atoms with van der Waals surface area (Å²) in [5.74, 6) is -0.621. The SMILES string of the molecule is CCCCCCCCCCCCCCCCCCCCCCCCC(=O)O[C@H](COC(=O)CCCCCCCCCCCCCCC(C)C)COP(=O)(O)OC[C@@H](O)COP(=O)(O)OC[C@@H](COC(=O)CCCCCCCCCC(C)C)OC(=O)CCCCCCCCCCCCCCCCC. The highest BCUT2D eigenvalue weighted by Gasteiger charge is 2.30. The fourth-order valence-electron chi connectivity index (χ4n) is 12.9. The molecule has 0 aliphatic rings. The van der Waals surface area contributed by atoms with Gasteiger partial charge in [0.1, 0.15) is 19.3 Å². The van der Waals surface area contributed by atoms with Crippen LogP contribution in [0.15, 0.2) is 0 Å². The molecular weight excluding hydrogens is 1330 g/mol. The molecule has 0 aliphatic carbocycles. The summed E-state index contributed by atoms with van der Waals surface area (Å²) in [5.41, 5.74) is 0. The molecule has 17 nitrogen and oxygen atoms in total. The lowest BCUT2D eigenvalue weighted by molar-refractivity contribution is -0.161. The first-order valence-electron chi connectivity index (χ1n) is 43.0. The van der Waals surface area contributed by atoms with Crippen molar-refractivity contribution in [2.45, 2.75) is 458 Å². The summed E-state index contributed by atoms with van der Waals surface area (Å²) in [6.07, 6.45) is 65.4. The summed E-state index contributed by atoms with van der Waals surface area (Å²) in [6, 6.07) is 0. The molecule has 5 atom stereocenters. The summed E-state index contributed by atoms with van der Waals surface area (Å²) in [6.45, 7) is 9.60. The molecule has 2 unspecified atom stereocenters. The fraction of sp³-hybridized carbons (Fsp3) is 0.952. The van der Waals surface area contributed by atoms with Crippen LogP contribution < -0.4 is 0 Å². The van der Waals surface area contributed by atoms with E-state index in [1.165, 1.54) is 250 Å². The Bertz CT molecular complexity index is 1960. The minimum Gasteiger partial charge on any atom is -0.462 e. The van der Waals surface area contributed by atoms with Gasteiger partial charge in [-0.2, -0.15) is 0 Å². The van der Waals surface area contributed by atoms with E-state index in [9.17, 15) is 43.2 Å². The Hall–Kier alpha value is -1.94. The Labute approximate surface area is 626 Å². The summed E-state index contributed by atoms with van der Waals surface area (Å²) in [5, 5.41) is 10.7. The topological polar surface area (TPSA) is 237 Å². The van der Waals surface area contributed by atoms with Gasteiger partial charge in [0.05, 0.1) is 26.4 Å². The molecule has 0 aromatic carbocycles. The number of esters is 4. The third-order valence-corrected chi connectivity index (χ3v) is 21.4. The van der Waals surface area contributed by atoms with Crippen LogP contribution in [0.3, 0.4) is 0 Å². The Morgan fingerprint density at radius 1 is 0.265 bits per heavy atom. The zero-order chi connectivity index (χ0) is 74.9. The van der Waals surface area contributed by atoms with Gasteiger partial charge >= 0.3 is 39.5 Å². The number of aliphatic hydroxyl groups is 1. The summed E-state index contributed by atoms with van der Waals surface area (Å²) < 4.78 is 68.8. The zero-order valence-electron chi connectivity index (χ0n) is 66.9. The van der Waals surface area contributed by atoms with E-state index >= 15 is 0 Å². The first-order valence-corrected chi connectivity index (χ1v) is 46.0. The van der Waals surface area contributed by atoms with E-state index in [2.05, 4.69) is 41.5 Å². The van der Waals surface area contributed by atoms with Crippen molar-refractivity contribution in [3.05, 3.63) is 0 Å². The monoisotopic (exact) mass is 1490 g/mol. The van der Waals surface area contributed by atoms with Gasteiger partial charge in [-0.25, -0.2) is 9.13 Å². The second-order valence-electron chi connectivity index (χ2n) is 30.8. The third-order valence-electron chi connectivity index (χ3n) is 19.5. The number of unbranched alkanes of at least 4 members (excludes halogenated alkanes) is 52. The lowest BCUT2D eigenvalue weighted by Crippen LogP contribution is -2.30. The van der Waals surface area contributed by atoms with Gasteiger partial charge in [0, 0.05) is 25.7 Å². The molecule has 3 N–H and O–H groups in total. The average Bonchev–Trinajstić information content (AvgIpc) is 0.922. The largest absolute Gasteiger partial charge is 0.472 e. The predicted octanol–water partition coefficient (Wildman–Crippen LogP) is 25.1. The van der Waals surface area contributed by atoms with Crippen LogP contribution in [0.5, 0.6) is 0 Å². The first-order chi connectivity index (χ1) is 49.4. The van der Waals surface area contributed by atoms with Gasteiger partial charge in [-0.1, -0.05) is 388 Å². The summed E-state index contributed by atoms with van der Waals surface area (Å²) in [7, 11) is -9.92. The van der Waals surface area contributed by atoms with Crippen LogP contribution >= 0.6 is 15.6 Å². The van der Waals surface area contributed by atoms with Crippen molar-refractivity contribution in [2.24, 2.45) is 11.8 Å². The number of phosphoric acid groups is 2. The second-order valence-corrected chi connectivity index (χ2v) is 33.7. The Morgan fingerprint density at radius 2 is 0.451 bits per heavy atom. The van der Waals surface area contributed by atoms with Crippen LogP contribution in [0.4, 0.5) is 0 Å². The molecule has 0 saturated heterocycles. The van der Waals surface area contributed by atoms with Crippen LogP contribution in [-0.2, 0) is 65.4 Å². The molecule has 0 aromatic heterocycles. The minimum atomic E-state index is -4.96. The maximum absolute atomic E-state index is 13.1. The van der Waals surface area contributed by atoms with Crippen LogP contribution in [-0.4, -0.2) is 96.7 Å². The summed E-state index contributed by atoms with van der Waals surface area (Å²) in [4.78, 5) is 73.1. The molecule has 0 amide bonds. The van der Waals surface area contributed by atoms with Crippen molar-refractivity contribution in [3.63, 3.8) is 0 Å². The van der Waals surface area contributed by atoms with Crippen molar-refractivity contribution in [1.29, 1.82) is 0 Å². The lowest BCUT2D eigenvalue weighted by Gasteiger charge is -2.21. The Balaban J connectivity index is 5.21. The number of aliphatic hydroxyl groups excluding tert-OH is 1. The van der Waals surface area contributed by atoms with E-state index in [-0.39, 0.29) is 25.7 Å². The Kier molecular flexibility index (Phi) is 73.1. The zero-order valence-corrected chi connectivity index (χ0v) is 68.7. The number of phosphoric ester groups is 2. The van der Waals surface area contributed by atoms with Crippen molar-refractivity contribution in [1.82, 2.24) is 0 Å². The minimum absolute atomic E-state index is 0.108.